The maximum atomic E-state index is 10.0. The fourth-order valence-electron chi connectivity index (χ4n) is 4.19. The van der Waals surface area contributed by atoms with E-state index in [1.54, 1.807) is 0 Å². The third-order valence-electron chi connectivity index (χ3n) is 5.48. The molecule has 185 valence electrons. The fraction of sp³-hybridized carbons (Fsp3) is 0.276. The third-order valence-corrected chi connectivity index (χ3v) is 9.67. The molecule has 0 aliphatic rings. The molecule has 2 heterocycles. The predicted octanol–water partition coefficient (Wildman–Crippen LogP) is 6.76. The van der Waals surface area contributed by atoms with Gasteiger partial charge in [-0.05, 0) is 13.8 Å². The van der Waals surface area contributed by atoms with Gasteiger partial charge in [0.05, 0.1) is 5.76 Å². The number of benzene rings is 2. The van der Waals surface area contributed by atoms with Crippen molar-refractivity contribution in [2.75, 3.05) is 0 Å². The van der Waals surface area contributed by atoms with Crippen LogP contribution < -0.4 is 4.40 Å². The molecule has 0 amide bonds. The van der Waals surface area contributed by atoms with E-state index in [1.807, 2.05) is 12.4 Å². The molecule has 0 saturated carbocycles. The van der Waals surface area contributed by atoms with E-state index in [-0.39, 0.29) is 31.6 Å². The molecule has 4 aromatic rings. The molecular formula is C29H33GeIrN2O2-. The second kappa shape index (κ2) is 11.6. The molecule has 0 spiro atoms. The summed E-state index contributed by atoms with van der Waals surface area (Å²) in [6.07, 6.45) is 5.10. The molecule has 6 heteroatoms. The third kappa shape index (κ3) is 7.09. The number of hydrogen-bond donors (Lipinski definition) is 1. The smallest absolute Gasteiger partial charge is 0 e. The van der Waals surface area contributed by atoms with Gasteiger partial charge in [-0.15, -0.1) is 0 Å². The molecular weight excluding hydrogens is 673 g/mol. The Hall–Kier alpha value is -2.34. The summed E-state index contributed by atoms with van der Waals surface area (Å²) >= 11 is -2.03. The summed E-state index contributed by atoms with van der Waals surface area (Å²) in [4.78, 5) is 19.7. The Morgan fingerprint density at radius 2 is 1.60 bits per heavy atom. The average molecular weight is 706 g/mol. The second-order valence-electron chi connectivity index (χ2n) is 9.99. The Balaban J connectivity index is 0.000000476. The van der Waals surface area contributed by atoms with Gasteiger partial charge in [-0.1, -0.05) is 0 Å². The van der Waals surface area contributed by atoms with Crippen molar-refractivity contribution in [2.24, 2.45) is 0 Å². The number of carbonyl (C=O) groups is 1. The van der Waals surface area contributed by atoms with Crippen molar-refractivity contribution < 1.29 is 30.0 Å². The fourth-order valence-corrected chi connectivity index (χ4v) is 7.49. The van der Waals surface area contributed by atoms with Crippen LogP contribution in [-0.4, -0.2) is 34.1 Å². The number of aliphatic hydroxyl groups is 1. The summed E-state index contributed by atoms with van der Waals surface area (Å²) in [6, 6.07) is 14.5. The Kier molecular flexibility index (Phi) is 9.58. The summed E-state index contributed by atoms with van der Waals surface area (Å²) < 4.78 is 1.48. The molecule has 0 fully saturated rings. The van der Waals surface area contributed by atoms with Crippen LogP contribution in [0.15, 0.2) is 54.6 Å². The molecule has 0 unspecified atom stereocenters. The van der Waals surface area contributed by atoms with Crippen molar-refractivity contribution in [1.82, 2.24) is 9.97 Å². The van der Waals surface area contributed by atoms with E-state index < -0.39 is 13.3 Å². The summed E-state index contributed by atoms with van der Waals surface area (Å²) in [5.74, 6) is 7.24. The number of carbonyl (C=O) groups excluding carboxylic acids is 1. The van der Waals surface area contributed by atoms with Crippen molar-refractivity contribution in [1.29, 1.82) is 0 Å². The molecule has 2 aromatic carbocycles. The summed E-state index contributed by atoms with van der Waals surface area (Å²) in [5.41, 5.74) is 6.85. The van der Waals surface area contributed by atoms with Gasteiger partial charge in [0.15, 0.2) is 5.78 Å². The van der Waals surface area contributed by atoms with Crippen LogP contribution in [0.3, 0.4) is 0 Å². The number of nitrogens with zero attached hydrogens (tertiary/aromatic N) is 2. The molecule has 0 saturated heterocycles. The van der Waals surface area contributed by atoms with Crippen molar-refractivity contribution in [3.8, 4) is 11.3 Å². The largest absolute Gasteiger partial charge is 0 e. The molecule has 1 N–H and O–H groups in total. The van der Waals surface area contributed by atoms with Crippen LogP contribution in [0.4, 0.5) is 0 Å². The van der Waals surface area contributed by atoms with E-state index in [2.05, 4.69) is 74.4 Å². The molecule has 1 radical (unpaired) electrons. The van der Waals surface area contributed by atoms with Crippen LogP contribution in [0.25, 0.3) is 32.9 Å². The zero-order valence-electron chi connectivity index (χ0n) is 21.7. The quantitative estimate of drug-likeness (QED) is 0.0842. The average Bonchev–Trinajstić information content (AvgIpc) is 2.70. The van der Waals surface area contributed by atoms with E-state index in [0.29, 0.717) is 0 Å². The van der Waals surface area contributed by atoms with Crippen LogP contribution in [0.2, 0.25) is 17.3 Å². The first-order valence-electron chi connectivity index (χ1n) is 11.4. The molecule has 4 nitrogen and oxygen atoms in total. The summed E-state index contributed by atoms with van der Waals surface area (Å²) in [5, 5.41) is 11.9. The van der Waals surface area contributed by atoms with Gasteiger partial charge in [0.2, 0.25) is 0 Å². The van der Waals surface area contributed by atoms with Gasteiger partial charge in [-0.3, -0.25) is 4.79 Å². The first kappa shape index (κ1) is 28.9. The zero-order chi connectivity index (χ0) is 25.2. The minimum absolute atomic E-state index is 0. The summed E-state index contributed by atoms with van der Waals surface area (Å²) in [6.45, 7) is 9.24. The van der Waals surface area contributed by atoms with Crippen molar-refractivity contribution >= 4 is 45.1 Å². The topological polar surface area (TPSA) is 63.1 Å². The molecule has 0 aliphatic heterocycles. The van der Waals surface area contributed by atoms with E-state index >= 15 is 0 Å². The zero-order valence-corrected chi connectivity index (χ0v) is 26.2. The number of allylic oxidation sites excluding steroid dienone is 2. The number of rotatable bonds is 3. The van der Waals surface area contributed by atoms with E-state index in [0.717, 1.165) is 22.2 Å². The maximum absolute atomic E-state index is 10.0. The molecule has 0 aliphatic carbocycles. The minimum atomic E-state index is -2.03. The first-order valence-corrected chi connectivity index (χ1v) is 18.8. The number of hydrogen-bond acceptors (Lipinski definition) is 4. The van der Waals surface area contributed by atoms with Gasteiger partial charge in [0.25, 0.3) is 0 Å². The van der Waals surface area contributed by atoms with Crippen LogP contribution in [0, 0.1) is 26.8 Å². The SMILES string of the molecule is CC(=O)/C=C(/C)O.Cc1[c-]c(-c2nccc3c2cnc2[c]([Ge]([CH3])([CH3])[CH3])cc(C)cc23)cc(C)c1.[Ir]. The molecule has 0 atom stereocenters. The van der Waals surface area contributed by atoms with E-state index in [1.165, 1.54) is 51.7 Å². The number of ketones is 1. The standard InChI is InChI=1S/C24H25GeN2.C5H8O2.Ir/c1-15-9-16(2)11-18(10-15)23-21-14-27-24-20(19(21)7-8-26-23)12-17(3)13-22(24)25(4,5)6;1-4(6)3-5(2)7;/h7-10,12-14H,1-6H3;3,6H,1-2H3;/q-1;;/b;4-3-;. The van der Waals surface area contributed by atoms with Crippen LogP contribution in [0.5, 0.6) is 0 Å². The van der Waals surface area contributed by atoms with E-state index in [4.69, 9.17) is 15.1 Å². The number of aliphatic hydroxyl groups excluding tert-OH is 1. The first-order chi connectivity index (χ1) is 15.9. The van der Waals surface area contributed by atoms with Crippen LogP contribution in [0.1, 0.15) is 30.5 Å². The summed E-state index contributed by atoms with van der Waals surface area (Å²) in [7, 11) is 0. The van der Waals surface area contributed by atoms with Gasteiger partial charge in [-0.25, -0.2) is 0 Å². The van der Waals surface area contributed by atoms with Gasteiger partial charge in [-0.2, -0.15) is 0 Å². The molecule has 4 rings (SSSR count). The minimum Gasteiger partial charge on any atom is 0 e. The number of fused-ring (bicyclic) bond motifs is 3. The van der Waals surface area contributed by atoms with Gasteiger partial charge in [0.1, 0.15) is 0 Å². The normalized spacial score (nSPS) is 11.6. The monoisotopic (exact) mass is 708 g/mol. The number of aryl methyl sites for hydroxylation is 3. The molecule has 35 heavy (non-hydrogen) atoms. The van der Waals surface area contributed by atoms with Gasteiger partial charge >= 0.3 is 164 Å². The van der Waals surface area contributed by atoms with Gasteiger partial charge < -0.3 is 5.11 Å². The van der Waals surface area contributed by atoms with E-state index in [9.17, 15) is 4.79 Å². The number of aromatic nitrogens is 2. The molecule has 2 aromatic heterocycles. The molecule has 0 bridgehead atoms. The Morgan fingerprint density at radius 3 is 2.14 bits per heavy atom. The Bertz CT molecular complexity index is 1400. The van der Waals surface area contributed by atoms with Crippen molar-refractivity contribution in [3.63, 3.8) is 0 Å². The van der Waals surface area contributed by atoms with Crippen LogP contribution in [-0.2, 0) is 24.9 Å². The Morgan fingerprint density at radius 1 is 0.943 bits per heavy atom. The van der Waals surface area contributed by atoms with Crippen molar-refractivity contribution in [3.05, 3.63) is 77.3 Å². The Labute approximate surface area is 224 Å². The number of pyridine rings is 2. The van der Waals surface area contributed by atoms with Crippen molar-refractivity contribution in [2.45, 2.75) is 51.9 Å². The predicted molar refractivity (Wildman–Crippen MR) is 146 cm³/mol. The van der Waals surface area contributed by atoms with Crippen LogP contribution >= 0.6 is 0 Å². The van der Waals surface area contributed by atoms with Gasteiger partial charge in [0, 0.05) is 26.2 Å². The second-order valence-corrected chi connectivity index (χ2v) is 20.6. The maximum Gasteiger partial charge on any atom is 0 e.